The van der Waals surface area contributed by atoms with Crippen molar-refractivity contribution in [3.05, 3.63) is 59.7 Å². The van der Waals surface area contributed by atoms with Crippen molar-refractivity contribution in [2.45, 2.75) is 0 Å². The molecule has 6 heteroatoms. The Morgan fingerprint density at radius 3 is 2.57 bits per heavy atom. The van der Waals surface area contributed by atoms with Crippen LogP contribution in [0, 0.1) is 11.6 Å². The van der Waals surface area contributed by atoms with Gasteiger partial charge in [-0.25, -0.2) is 18.6 Å². The summed E-state index contributed by atoms with van der Waals surface area (Å²) >= 11 is 0. The van der Waals surface area contributed by atoms with E-state index in [0.29, 0.717) is 5.39 Å². The predicted octanol–water partition coefficient (Wildman–Crippen LogP) is 3.89. The van der Waals surface area contributed by atoms with Crippen LogP contribution in [0.5, 0.6) is 5.75 Å². The molecule has 0 unspecified atom stereocenters. The van der Waals surface area contributed by atoms with Crippen LogP contribution in [0.15, 0.2) is 42.5 Å². The molecule has 1 N–H and O–H groups in total. The Bertz CT molecular complexity index is 925. The van der Waals surface area contributed by atoms with Crippen LogP contribution in [-0.4, -0.2) is 23.2 Å². The molecule has 0 aliphatic rings. The molecule has 3 rings (SSSR count). The van der Waals surface area contributed by atoms with E-state index in [9.17, 15) is 13.6 Å². The lowest BCUT2D eigenvalue weighted by atomic mass is 10.1. The Hall–Kier alpha value is -3.02. The number of carboxylic acid groups (broad SMARTS) is 1. The maximum atomic E-state index is 14.4. The van der Waals surface area contributed by atoms with E-state index in [-0.39, 0.29) is 22.5 Å². The number of carbonyl (C=O) groups is 1. The van der Waals surface area contributed by atoms with Crippen molar-refractivity contribution >= 4 is 16.9 Å². The first kappa shape index (κ1) is 14.9. The van der Waals surface area contributed by atoms with Gasteiger partial charge in [0.15, 0.2) is 5.82 Å². The number of rotatable bonds is 3. The lowest BCUT2D eigenvalue weighted by Crippen LogP contribution is -2.03. The second-order valence-electron chi connectivity index (χ2n) is 4.82. The summed E-state index contributed by atoms with van der Waals surface area (Å²) < 4.78 is 33.6. The van der Waals surface area contributed by atoms with E-state index in [2.05, 4.69) is 4.98 Å². The minimum absolute atomic E-state index is 0.161. The zero-order valence-electron chi connectivity index (χ0n) is 12.0. The van der Waals surface area contributed by atoms with Gasteiger partial charge in [-0.2, -0.15) is 0 Å². The fourth-order valence-electron chi connectivity index (χ4n) is 2.37. The monoisotopic (exact) mass is 315 g/mol. The number of hydrogen-bond donors (Lipinski definition) is 1. The van der Waals surface area contributed by atoms with Crippen LogP contribution in [0.3, 0.4) is 0 Å². The van der Waals surface area contributed by atoms with Gasteiger partial charge >= 0.3 is 5.97 Å². The van der Waals surface area contributed by atoms with Crippen LogP contribution in [-0.2, 0) is 0 Å². The second-order valence-corrected chi connectivity index (χ2v) is 4.82. The zero-order valence-corrected chi connectivity index (χ0v) is 12.0. The highest BCUT2D eigenvalue weighted by atomic mass is 19.1. The number of benzene rings is 2. The number of halogens is 2. The summed E-state index contributed by atoms with van der Waals surface area (Å²) in [5, 5.41) is 9.34. The molecule has 4 nitrogen and oxygen atoms in total. The van der Waals surface area contributed by atoms with Crippen molar-refractivity contribution in [3.8, 4) is 17.0 Å². The van der Waals surface area contributed by atoms with E-state index >= 15 is 0 Å². The number of nitrogens with zero attached hydrogens (tertiary/aromatic N) is 1. The normalized spacial score (nSPS) is 10.7. The highest BCUT2D eigenvalue weighted by molar-refractivity contribution is 5.96. The van der Waals surface area contributed by atoms with Crippen molar-refractivity contribution in [1.82, 2.24) is 4.98 Å². The molecule has 3 aromatic rings. The first-order valence-electron chi connectivity index (χ1n) is 6.68. The van der Waals surface area contributed by atoms with Crippen LogP contribution >= 0.6 is 0 Å². The molecule has 0 radical (unpaired) electrons. The molecular formula is C17H11F2NO3. The first-order valence-corrected chi connectivity index (χ1v) is 6.68. The average Bonchev–Trinajstić information content (AvgIpc) is 2.54. The molecule has 0 aliphatic carbocycles. The molecule has 1 heterocycles. The second kappa shape index (κ2) is 5.64. The van der Waals surface area contributed by atoms with Gasteiger partial charge in [-0.3, -0.25) is 0 Å². The Balaban J connectivity index is 2.36. The van der Waals surface area contributed by atoms with E-state index in [1.54, 1.807) is 6.07 Å². The number of aromatic carboxylic acids is 1. The third kappa shape index (κ3) is 2.48. The van der Waals surface area contributed by atoms with Crippen molar-refractivity contribution in [3.63, 3.8) is 0 Å². The number of hydrogen-bond acceptors (Lipinski definition) is 3. The standard InChI is InChI=1S/C17H11F2NO3/c1-23-14-8-13(9-4-2-3-5-12(9)18)20-16-10(14)6-7-11(15(16)19)17(21)22/h2-8H,1H3,(H,21,22). The molecule has 1 aromatic heterocycles. The summed E-state index contributed by atoms with van der Waals surface area (Å²) in [6.45, 7) is 0. The van der Waals surface area contributed by atoms with Gasteiger partial charge in [0.25, 0.3) is 0 Å². The third-order valence-corrected chi connectivity index (χ3v) is 3.48. The zero-order chi connectivity index (χ0) is 16.6. The van der Waals surface area contributed by atoms with Gasteiger partial charge in [0.2, 0.25) is 0 Å². The summed E-state index contributed by atoms with van der Waals surface area (Å²) in [5.41, 5.74) is -0.345. The molecule has 116 valence electrons. The Morgan fingerprint density at radius 2 is 1.91 bits per heavy atom. The number of fused-ring (bicyclic) bond motifs is 1. The van der Waals surface area contributed by atoms with E-state index in [0.717, 1.165) is 6.07 Å². The lowest BCUT2D eigenvalue weighted by Gasteiger charge is -2.11. The summed E-state index contributed by atoms with van der Waals surface area (Å²) in [7, 11) is 1.39. The fourth-order valence-corrected chi connectivity index (χ4v) is 2.37. The molecule has 0 aliphatic heterocycles. The van der Waals surface area contributed by atoms with Gasteiger partial charge in [-0.05, 0) is 24.3 Å². The predicted molar refractivity (Wildman–Crippen MR) is 80.6 cm³/mol. The van der Waals surface area contributed by atoms with E-state index in [1.165, 1.54) is 37.4 Å². The van der Waals surface area contributed by atoms with Gasteiger partial charge < -0.3 is 9.84 Å². The SMILES string of the molecule is COc1cc(-c2ccccc2F)nc2c(F)c(C(=O)O)ccc12. The van der Waals surface area contributed by atoms with Gasteiger partial charge in [0.05, 0.1) is 18.4 Å². The fraction of sp³-hybridized carbons (Fsp3) is 0.0588. The van der Waals surface area contributed by atoms with E-state index < -0.39 is 23.2 Å². The van der Waals surface area contributed by atoms with Gasteiger partial charge in [-0.15, -0.1) is 0 Å². The minimum Gasteiger partial charge on any atom is -0.496 e. The molecule has 0 amide bonds. The maximum Gasteiger partial charge on any atom is 0.338 e. The Labute approximate surface area is 130 Å². The quantitative estimate of drug-likeness (QED) is 0.796. The number of carboxylic acids is 1. The molecule has 0 saturated heterocycles. The Kier molecular flexibility index (Phi) is 3.65. The minimum atomic E-state index is -1.40. The van der Waals surface area contributed by atoms with Crippen molar-refractivity contribution in [2.24, 2.45) is 0 Å². The Morgan fingerprint density at radius 1 is 1.17 bits per heavy atom. The number of ether oxygens (including phenoxy) is 1. The highest BCUT2D eigenvalue weighted by Gasteiger charge is 2.18. The van der Waals surface area contributed by atoms with Crippen LogP contribution in [0.4, 0.5) is 8.78 Å². The topological polar surface area (TPSA) is 59.4 Å². The molecule has 0 bridgehead atoms. The van der Waals surface area contributed by atoms with Crippen molar-refractivity contribution < 1.29 is 23.4 Å². The van der Waals surface area contributed by atoms with Gasteiger partial charge in [0, 0.05) is 17.0 Å². The summed E-state index contributed by atoms with van der Waals surface area (Å²) in [6, 6.07) is 9.97. The maximum absolute atomic E-state index is 14.4. The van der Waals surface area contributed by atoms with Crippen LogP contribution in [0.1, 0.15) is 10.4 Å². The van der Waals surface area contributed by atoms with E-state index in [4.69, 9.17) is 9.84 Å². The van der Waals surface area contributed by atoms with Gasteiger partial charge in [0.1, 0.15) is 17.1 Å². The molecular weight excluding hydrogens is 304 g/mol. The van der Waals surface area contributed by atoms with E-state index in [1.807, 2.05) is 0 Å². The number of pyridine rings is 1. The summed E-state index contributed by atoms with van der Waals surface area (Å²) in [5.74, 6) is -2.62. The molecule has 0 fully saturated rings. The first-order chi connectivity index (χ1) is 11.0. The van der Waals surface area contributed by atoms with Crippen LogP contribution in [0.25, 0.3) is 22.2 Å². The highest BCUT2D eigenvalue weighted by Crippen LogP contribution is 2.33. The number of aromatic nitrogens is 1. The molecule has 0 spiro atoms. The van der Waals surface area contributed by atoms with Crippen molar-refractivity contribution in [2.75, 3.05) is 7.11 Å². The molecule has 2 aromatic carbocycles. The van der Waals surface area contributed by atoms with Crippen LogP contribution in [0.2, 0.25) is 0 Å². The van der Waals surface area contributed by atoms with Crippen LogP contribution < -0.4 is 4.74 Å². The number of methoxy groups -OCH3 is 1. The van der Waals surface area contributed by atoms with Gasteiger partial charge in [-0.1, -0.05) is 12.1 Å². The average molecular weight is 315 g/mol. The molecule has 23 heavy (non-hydrogen) atoms. The largest absolute Gasteiger partial charge is 0.496 e. The summed E-state index contributed by atoms with van der Waals surface area (Å²) in [6.07, 6.45) is 0. The summed E-state index contributed by atoms with van der Waals surface area (Å²) in [4.78, 5) is 15.2. The molecule has 0 atom stereocenters. The smallest absolute Gasteiger partial charge is 0.338 e. The third-order valence-electron chi connectivity index (χ3n) is 3.48. The molecule has 0 saturated carbocycles. The van der Waals surface area contributed by atoms with Crippen molar-refractivity contribution in [1.29, 1.82) is 0 Å². The lowest BCUT2D eigenvalue weighted by molar-refractivity contribution is 0.0692.